The van der Waals surface area contributed by atoms with Gasteiger partial charge in [0.25, 0.3) is 0 Å². The van der Waals surface area contributed by atoms with Crippen LogP contribution < -0.4 is 11.1 Å². The van der Waals surface area contributed by atoms with E-state index >= 15 is 0 Å². The van der Waals surface area contributed by atoms with Crippen molar-refractivity contribution < 1.29 is 9.90 Å². The molecule has 0 saturated carbocycles. The summed E-state index contributed by atoms with van der Waals surface area (Å²) in [5.41, 5.74) is 7.47. The Morgan fingerprint density at radius 1 is 1.30 bits per heavy atom. The van der Waals surface area contributed by atoms with Gasteiger partial charge in [-0.1, -0.05) is 12.1 Å². The van der Waals surface area contributed by atoms with E-state index in [9.17, 15) is 9.90 Å². The van der Waals surface area contributed by atoms with Crippen LogP contribution in [0.5, 0.6) is 5.75 Å². The maximum Gasteiger partial charge on any atom is 0.237 e. The molecular formula is C14H16N4O2. The lowest BCUT2D eigenvalue weighted by Gasteiger charge is -2.12. The molecule has 6 nitrogen and oxygen atoms in total. The molecule has 0 saturated heterocycles. The van der Waals surface area contributed by atoms with Crippen LogP contribution in [0.4, 0.5) is 0 Å². The molecule has 0 aliphatic carbocycles. The number of carbonyl (C=O) groups is 1. The van der Waals surface area contributed by atoms with Crippen molar-refractivity contribution in [2.75, 3.05) is 0 Å². The Balaban J connectivity index is 1.84. The number of nitrogens with zero attached hydrogens (tertiary/aromatic N) is 2. The van der Waals surface area contributed by atoms with Gasteiger partial charge in [-0.15, -0.1) is 0 Å². The molecule has 0 bridgehead atoms. The zero-order valence-electron chi connectivity index (χ0n) is 10.9. The van der Waals surface area contributed by atoms with Gasteiger partial charge < -0.3 is 16.2 Å². The van der Waals surface area contributed by atoms with Gasteiger partial charge in [0.05, 0.1) is 18.3 Å². The Bertz CT molecular complexity index is 557. The molecule has 0 spiro atoms. The molecule has 104 valence electrons. The first-order valence-corrected chi connectivity index (χ1v) is 6.21. The van der Waals surface area contributed by atoms with E-state index in [1.807, 2.05) is 0 Å². The quantitative estimate of drug-likeness (QED) is 0.730. The molecule has 1 heterocycles. The molecule has 0 fully saturated rings. The lowest BCUT2D eigenvalue weighted by Crippen LogP contribution is -2.41. The number of rotatable bonds is 5. The highest BCUT2D eigenvalue weighted by atomic mass is 16.3. The number of aromatic nitrogens is 2. The first-order valence-electron chi connectivity index (χ1n) is 6.21. The molecule has 2 rings (SSSR count). The van der Waals surface area contributed by atoms with Crippen LogP contribution >= 0.6 is 0 Å². The molecule has 0 radical (unpaired) electrons. The molecule has 0 aliphatic rings. The van der Waals surface area contributed by atoms with Crippen molar-refractivity contribution in [2.24, 2.45) is 5.73 Å². The van der Waals surface area contributed by atoms with E-state index in [2.05, 4.69) is 15.3 Å². The highest BCUT2D eigenvalue weighted by Gasteiger charge is 2.13. The van der Waals surface area contributed by atoms with Crippen molar-refractivity contribution in [3.8, 4) is 5.75 Å². The molecule has 20 heavy (non-hydrogen) atoms. The van der Waals surface area contributed by atoms with Gasteiger partial charge in [-0.05, 0) is 30.2 Å². The van der Waals surface area contributed by atoms with Crippen molar-refractivity contribution in [1.29, 1.82) is 0 Å². The maximum atomic E-state index is 11.9. The first kappa shape index (κ1) is 14.0. The molecule has 0 aliphatic heterocycles. The van der Waals surface area contributed by atoms with Crippen molar-refractivity contribution >= 4 is 5.91 Å². The molecule has 1 amide bonds. The van der Waals surface area contributed by atoms with E-state index in [4.69, 9.17) is 5.73 Å². The summed E-state index contributed by atoms with van der Waals surface area (Å²) in [6.45, 7) is 0.324. The number of benzene rings is 1. The summed E-state index contributed by atoms with van der Waals surface area (Å²) in [7, 11) is 0. The summed E-state index contributed by atoms with van der Waals surface area (Å²) in [6.07, 6.45) is 3.46. The normalized spacial score (nSPS) is 11.8. The van der Waals surface area contributed by atoms with Crippen LogP contribution in [0.15, 0.2) is 42.9 Å². The van der Waals surface area contributed by atoms with Gasteiger partial charge in [0.1, 0.15) is 12.1 Å². The Labute approximate surface area is 116 Å². The lowest BCUT2D eigenvalue weighted by molar-refractivity contribution is -0.122. The summed E-state index contributed by atoms with van der Waals surface area (Å²) in [5.74, 6) is -0.0489. The fourth-order valence-corrected chi connectivity index (χ4v) is 1.71. The lowest BCUT2D eigenvalue weighted by atomic mass is 10.1. The minimum absolute atomic E-state index is 0.190. The molecule has 1 aromatic carbocycles. The van der Waals surface area contributed by atoms with Crippen LogP contribution in [0.25, 0.3) is 0 Å². The third-order valence-corrected chi connectivity index (χ3v) is 2.82. The predicted molar refractivity (Wildman–Crippen MR) is 73.7 cm³/mol. The standard InChI is InChI=1S/C14H16N4O2/c15-13(7-10-1-3-12(19)4-2-10)14(20)17-8-11-5-6-16-9-18-11/h1-6,9,13,19H,7-8,15H2,(H,17,20)/t13-/m1/s1. The zero-order chi connectivity index (χ0) is 14.4. The van der Waals surface area contributed by atoms with E-state index in [-0.39, 0.29) is 11.7 Å². The molecule has 1 atom stereocenters. The second-order valence-corrected chi connectivity index (χ2v) is 4.40. The third kappa shape index (κ3) is 4.03. The van der Waals surface area contributed by atoms with Gasteiger partial charge in [-0.25, -0.2) is 9.97 Å². The van der Waals surface area contributed by atoms with Gasteiger partial charge in [-0.2, -0.15) is 0 Å². The summed E-state index contributed by atoms with van der Waals surface area (Å²) >= 11 is 0. The van der Waals surface area contributed by atoms with E-state index < -0.39 is 6.04 Å². The third-order valence-electron chi connectivity index (χ3n) is 2.82. The number of phenols is 1. The number of nitrogens with one attached hydrogen (secondary N) is 1. The van der Waals surface area contributed by atoms with Crippen molar-refractivity contribution in [1.82, 2.24) is 15.3 Å². The van der Waals surface area contributed by atoms with Crippen molar-refractivity contribution in [2.45, 2.75) is 19.0 Å². The molecule has 4 N–H and O–H groups in total. The van der Waals surface area contributed by atoms with E-state index in [0.29, 0.717) is 13.0 Å². The molecule has 2 aromatic rings. The van der Waals surface area contributed by atoms with Crippen molar-refractivity contribution in [3.05, 3.63) is 54.1 Å². The van der Waals surface area contributed by atoms with E-state index in [1.165, 1.54) is 6.33 Å². The number of amides is 1. The summed E-state index contributed by atoms with van der Waals surface area (Å²) in [6, 6.07) is 7.72. The molecule has 6 heteroatoms. The monoisotopic (exact) mass is 272 g/mol. The summed E-state index contributed by atoms with van der Waals surface area (Å²) < 4.78 is 0. The first-order chi connectivity index (χ1) is 9.65. The molecule has 0 unspecified atom stereocenters. The van der Waals surface area contributed by atoms with Crippen molar-refractivity contribution in [3.63, 3.8) is 0 Å². The van der Waals surface area contributed by atoms with Crippen LogP contribution in [-0.2, 0) is 17.8 Å². The van der Waals surface area contributed by atoms with E-state index in [1.54, 1.807) is 36.5 Å². The number of hydrogen-bond acceptors (Lipinski definition) is 5. The van der Waals surface area contributed by atoms with Crippen LogP contribution in [0.3, 0.4) is 0 Å². The van der Waals surface area contributed by atoms with Gasteiger partial charge in [0.15, 0.2) is 0 Å². The second kappa shape index (κ2) is 6.63. The summed E-state index contributed by atoms with van der Waals surface area (Å²) in [4.78, 5) is 19.7. The number of nitrogens with two attached hydrogens (primary N) is 1. The van der Waals surface area contributed by atoms with E-state index in [0.717, 1.165) is 11.3 Å². The van der Waals surface area contributed by atoms with Crippen LogP contribution in [-0.4, -0.2) is 27.0 Å². The topological polar surface area (TPSA) is 101 Å². The van der Waals surface area contributed by atoms with Crippen LogP contribution in [0, 0.1) is 0 Å². The fraction of sp³-hybridized carbons (Fsp3) is 0.214. The SMILES string of the molecule is N[C@H](Cc1ccc(O)cc1)C(=O)NCc1ccncn1. The average Bonchev–Trinajstić information content (AvgIpc) is 2.48. The number of phenolic OH excluding ortho intramolecular Hbond substituents is 1. The Kier molecular flexibility index (Phi) is 4.62. The number of hydrogen-bond donors (Lipinski definition) is 3. The predicted octanol–water partition coefficient (Wildman–Crippen LogP) is 0.368. The molecular weight excluding hydrogens is 256 g/mol. The van der Waals surface area contributed by atoms with Gasteiger partial charge >= 0.3 is 0 Å². The number of aromatic hydroxyl groups is 1. The highest BCUT2D eigenvalue weighted by Crippen LogP contribution is 2.10. The van der Waals surface area contributed by atoms with Crippen LogP contribution in [0.1, 0.15) is 11.3 Å². The smallest absolute Gasteiger partial charge is 0.237 e. The zero-order valence-corrected chi connectivity index (χ0v) is 10.9. The largest absolute Gasteiger partial charge is 0.508 e. The van der Waals surface area contributed by atoms with Gasteiger partial charge in [0, 0.05) is 6.20 Å². The van der Waals surface area contributed by atoms with Gasteiger partial charge in [0.2, 0.25) is 5.91 Å². The second-order valence-electron chi connectivity index (χ2n) is 4.40. The Hall–Kier alpha value is -2.47. The Morgan fingerprint density at radius 2 is 2.05 bits per heavy atom. The van der Waals surface area contributed by atoms with Gasteiger partial charge in [-0.3, -0.25) is 4.79 Å². The number of carbonyl (C=O) groups excluding carboxylic acids is 1. The Morgan fingerprint density at radius 3 is 2.70 bits per heavy atom. The molecule has 1 aromatic heterocycles. The highest BCUT2D eigenvalue weighted by molar-refractivity contribution is 5.81. The fourth-order valence-electron chi connectivity index (χ4n) is 1.71. The maximum absolute atomic E-state index is 11.9. The average molecular weight is 272 g/mol. The summed E-state index contributed by atoms with van der Waals surface area (Å²) in [5, 5.41) is 11.9. The minimum atomic E-state index is -0.638. The van der Waals surface area contributed by atoms with Crippen LogP contribution in [0.2, 0.25) is 0 Å². The minimum Gasteiger partial charge on any atom is -0.508 e.